The first-order valence-electron chi connectivity index (χ1n) is 12.5. The molecule has 37 heavy (non-hydrogen) atoms. The van der Waals surface area contributed by atoms with Crippen molar-refractivity contribution in [2.45, 2.75) is 31.6 Å². The monoisotopic (exact) mass is 548 g/mol. The lowest BCUT2D eigenvalue weighted by Crippen LogP contribution is -2.40. The smallest absolute Gasteiger partial charge is 0.243 e. The van der Waals surface area contributed by atoms with E-state index in [-0.39, 0.29) is 0 Å². The van der Waals surface area contributed by atoms with Gasteiger partial charge in [-0.1, -0.05) is 0 Å². The number of nitrogens with one attached hydrogen (secondary N) is 2. The second kappa shape index (κ2) is 12.4. The van der Waals surface area contributed by atoms with Crippen LogP contribution in [0.5, 0.6) is 0 Å². The number of hydrogen-bond acceptors (Lipinski definition) is 7. The Morgan fingerprint density at radius 2 is 1.86 bits per heavy atom. The molecule has 0 spiro atoms. The number of aryl methyl sites for hydroxylation is 1. The maximum Gasteiger partial charge on any atom is 0.243 e. The van der Waals surface area contributed by atoms with Crippen LogP contribution in [0.1, 0.15) is 29.8 Å². The molecule has 2 saturated heterocycles. The molecular formula is C25H36N6O4S2. The molecule has 10 nitrogen and oxygen atoms in total. The maximum absolute atomic E-state index is 13.5. The van der Waals surface area contributed by atoms with E-state index < -0.39 is 10.0 Å². The molecule has 0 aliphatic carbocycles. The number of benzene rings is 1. The van der Waals surface area contributed by atoms with Gasteiger partial charge in [-0.3, -0.25) is 5.43 Å². The summed E-state index contributed by atoms with van der Waals surface area (Å²) < 4.78 is 40.9. The van der Waals surface area contributed by atoms with E-state index >= 15 is 0 Å². The third-order valence-corrected chi connectivity index (χ3v) is 8.80. The molecule has 1 aromatic carbocycles. The standard InChI is InChI=1S/C25H36N6O4S2/c1-19-16-21(18-27-28-25(36)26-8-13-34-3)20(2)31(19)24-17-22(6-7-23(24)29-9-4-5-10-29)37(32,33)30-11-14-35-15-12-30/h6-7,16-18H,4-5,8-15H2,1-3H3,(H2,26,28,36). The van der Waals surface area contributed by atoms with Gasteiger partial charge in [-0.05, 0) is 63.2 Å². The number of thiocarbonyl (C=S) groups is 1. The lowest BCUT2D eigenvalue weighted by Gasteiger charge is -2.28. The molecular weight excluding hydrogens is 512 g/mol. The minimum atomic E-state index is -3.63. The summed E-state index contributed by atoms with van der Waals surface area (Å²) in [6, 6.07) is 7.54. The normalized spacial score (nSPS) is 17.0. The van der Waals surface area contributed by atoms with Gasteiger partial charge < -0.3 is 24.3 Å². The number of morpholine rings is 1. The lowest BCUT2D eigenvalue weighted by atomic mass is 10.2. The first-order valence-corrected chi connectivity index (χ1v) is 14.4. The second-order valence-electron chi connectivity index (χ2n) is 9.14. The van der Waals surface area contributed by atoms with Crippen molar-refractivity contribution in [1.82, 2.24) is 19.6 Å². The van der Waals surface area contributed by atoms with Gasteiger partial charge in [-0.25, -0.2) is 8.42 Å². The fourth-order valence-electron chi connectivity index (χ4n) is 4.76. The second-order valence-corrected chi connectivity index (χ2v) is 11.5. The Balaban J connectivity index is 1.67. The zero-order chi connectivity index (χ0) is 26.4. The first-order chi connectivity index (χ1) is 17.8. The molecule has 1 aromatic heterocycles. The Morgan fingerprint density at radius 3 is 2.57 bits per heavy atom. The van der Waals surface area contributed by atoms with Gasteiger partial charge in [0.25, 0.3) is 0 Å². The van der Waals surface area contributed by atoms with Gasteiger partial charge >= 0.3 is 0 Å². The third-order valence-electron chi connectivity index (χ3n) is 6.67. The Labute approximate surface area is 224 Å². The van der Waals surface area contributed by atoms with E-state index in [2.05, 4.69) is 25.3 Å². The highest BCUT2D eigenvalue weighted by Crippen LogP contribution is 2.34. The molecule has 12 heteroatoms. The van der Waals surface area contributed by atoms with Gasteiger partial charge in [0.05, 0.1) is 42.3 Å². The molecule has 0 radical (unpaired) electrons. The Bertz CT molecular complexity index is 1230. The van der Waals surface area contributed by atoms with Crippen LogP contribution in [0.2, 0.25) is 0 Å². The molecule has 0 unspecified atom stereocenters. The van der Waals surface area contributed by atoms with Crippen LogP contribution in [0, 0.1) is 13.8 Å². The van der Waals surface area contributed by atoms with E-state index in [0.717, 1.165) is 54.3 Å². The number of sulfonamides is 1. The van der Waals surface area contributed by atoms with Crippen molar-refractivity contribution in [3.63, 3.8) is 0 Å². The maximum atomic E-state index is 13.5. The van der Waals surface area contributed by atoms with Crippen LogP contribution in [0.25, 0.3) is 5.69 Å². The van der Waals surface area contributed by atoms with E-state index in [4.69, 9.17) is 21.7 Å². The van der Waals surface area contributed by atoms with E-state index in [9.17, 15) is 8.42 Å². The number of aromatic nitrogens is 1. The van der Waals surface area contributed by atoms with Gasteiger partial charge in [0.15, 0.2) is 5.11 Å². The topological polar surface area (TPSA) is 100 Å². The summed E-state index contributed by atoms with van der Waals surface area (Å²) in [4.78, 5) is 2.63. The number of methoxy groups -OCH3 is 1. The molecule has 2 aliphatic heterocycles. The van der Waals surface area contributed by atoms with Crippen LogP contribution in [-0.2, 0) is 19.5 Å². The molecule has 0 atom stereocenters. The van der Waals surface area contributed by atoms with Crippen molar-refractivity contribution in [2.24, 2.45) is 5.10 Å². The van der Waals surface area contributed by atoms with Crippen LogP contribution >= 0.6 is 12.2 Å². The molecule has 0 bridgehead atoms. The van der Waals surface area contributed by atoms with Gasteiger partial charge in [-0.2, -0.15) is 9.41 Å². The molecule has 2 aromatic rings. The molecule has 2 N–H and O–H groups in total. The average Bonchev–Trinajstić information content (AvgIpc) is 3.52. The van der Waals surface area contributed by atoms with Crippen LogP contribution in [-0.4, -0.2) is 88.3 Å². The van der Waals surface area contributed by atoms with Crippen LogP contribution in [0.3, 0.4) is 0 Å². The predicted octanol–water partition coefficient (Wildman–Crippen LogP) is 2.16. The minimum Gasteiger partial charge on any atom is -0.383 e. The number of hydrazone groups is 1. The molecule has 3 heterocycles. The van der Waals surface area contributed by atoms with Crippen molar-refractivity contribution in [2.75, 3.05) is 64.6 Å². The number of nitrogens with zero attached hydrogens (tertiary/aromatic N) is 4. The Kier molecular flexibility index (Phi) is 9.19. The predicted molar refractivity (Wildman–Crippen MR) is 149 cm³/mol. The number of ether oxygens (including phenoxy) is 2. The van der Waals surface area contributed by atoms with Crippen molar-refractivity contribution >= 4 is 39.3 Å². The van der Waals surface area contributed by atoms with Crippen molar-refractivity contribution in [3.05, 3.63) is 41.2 Å². The highest BCUT2D eigenvalue weighted by atomic mass is 32.2. The number of hydrogen-bond donors (Lipinski definition) is 2. The summed E-state index contributed by atoms with van der Waals surface area (Å²) in [7, 11) is -2.00. The number of anilines is 1. The van der Waals surface area contributed by atoms with Gasteiger partial charge in [0.2, 0.25) is 10.0 Å². The van der Waals surface area contributed by atoms with Gasteiger partial charge in [0.1, 0.15) is 0 Å². The van der Waals surface area contributed by atoms with Crippen molar-refractivity contribution < 1.29 is 17.9 Å². The molecule has 2 fully saturated rings. The molecule has 202 valence electrons. The molecule has 4 rings (SSSR count). The van der Waals surface area contributed by atoms with Crippen LogP contribution in [0.4, 0.5) is 5.69 Å². The fourth-order valence-corrected chi connectivity index (χ4v) is 6.34. The van der Waals surface area contributed by atoms with Crippen LogP contribution in [0.15, 0.2) is 34.3 Å². The highest BCUT2D eigenvalue weighted by Gasteiger charge is 2.28. The SMILES string of the molecule is COCCNC(=S)NN=Cc1cc(C)n(-c2cc(S(=O)(=O)N3CCOCC3)ccc2N2CCCC2)c1C. The summed E-state index contributed by atoms with van der Waals surface area (Å²) in [5.74, 6) is 0. The van der Waals surface area contributed by atoms with Crippen LogP contribution < -0.4 is 15.6 Å². The summed E-state index contributed by atoms with van der Waals surface area (Å²) in [6.07, 6.45) is 3.98. The van der Waals surface area contributed by atoms with Gasteiger partial charge in [0, 0.05) is 56.8 Å². The van der Waals surface area contributed by atoms with E-state index in [1.165, 1.54) is 4.31 Å². The van der Waals surface area contributed by atoms with E-state index in [1.807, 2.05) is 32.0 Å². The molecule has 0 saturated carbocycles. The minimum absolute atomic E-state index is 0.296. The van der Waals surface area contributed by atoms with Crippen molar-refractivity contribution in [3.8, 4) is 5.69 Å². The average molecular weight is 549 g/mol. The summed E-state index contributed by atoms with van der Waals surface area (Å²) >= 11 is 5.23. The third kappa shape index (κ3) is 6.32. The quantitative estimate of drug-likeness (QED) is 0.213. The van der Waals surface area contributed by atoms with E-state index in [0.29, 0.717) is 49.5 Å². The molecule has 2 aliphatic rings. The largest absolute Gasteiger partial charge is 0.383 e. The fraction of sp³-hybridized carbons (Fsp3) is 0.520. The zero-order valence-electron chi connectivity index (χ0n) is 21.7. The van der Waals surface area contributed by atoms with Crippen molar-refractivity contribution in [1.29, 1.82) is 0 Å². The van der Waals surface area contributed by atoms with Gasteiger partial charge in [-0.15, -0.1) is 0 Å². The van der Waals surface area contributed by atoms with E-state index in [1.54, 1.807) is 19.4 Å². The zero-order valence-corrected chi connectivity index (χ0v) is 23.3. The lowest BCUT2D eigenvalue weighted by molar-refractivity contribution is 0.0730. The Hall–Kier alpha value is -2.51. The molecule has 0 amide bonds. The summed E-state index contributed by atoms with van der Waals surface area (Å²) in [5.41, 5.74) is 7.58. The Morgan fingerprint density at radius 1 is 1.14 bits per heavy atom. The summed E-state index contributed by atoms with van der Waals surface area (Å²) in [6.45, 7) is 8.63. The summed E-state index contributed by atoms with van der Waals surface area (Å²) in [5, 5.41) is 7.72. The first kappa shape index (κ1) is 27.5. The highest BCUT2D eigenvalue weighted by molar-refractivity contribution is 7.89. The number of rotatable bonds is 9.